The Morgan fingerprint density at radius 2 is 2.19 bits per heavy atom. The van der Waals surface area contributed by atoms with Crippen LogP contribution in [0.5, 0.6) is 0 Å². The number of rotatable bonds is 4. The molecular weight excluding hydrogens is 356 g/mol. The maximum atomic E-state index is 11.8. The topological polar surface area (TPSA) is 59.3 Å². The minimum Gasteiger partial charge on any atom is -0.271 e. The fraction of sp³-hybridized carbons (Fsp3) is 0.214. The Labute approximate surface area is 136 Å². The van der Waals surface area contributed by atoms with Crippen LogP contribution < -0.4 is 5.43 Å². The summed E-state index contributed by atoms with van der Waals surface area (Å²) in [7, 11) is 0. The second-order valence-electron chi connectivity index (χ2n) is 4.46. The lowest BCUT2D eigenvalue weighted by Gasteiger charge is -2.03. The van der Waals surface area contributed by atoms with Crippen LogP contribution in [0, 0.1) is 13.8 Å². The van der Waals surface area contributed by atoms with Crippen LogP contribution in [0.4, 0.5) is 0 Å². The molecule has 2 rings (SSSR count). The van der Waals surface area contributed by atoms with E-state index in [-0.39, 0.29) is 12.5 Å². The zero-order chi connectivity index (χ0) is 15.4. The molecule has 0 atom stereocenters. The van der Waals surface area contributed by atoms with Crippen molar-refractivity contribution in [3.63, 3.8) is 0 Å². The third kappa shape index (κ3) is 3.92. The van der Waals surface area contributed by atoms with Crippen molar-refractivity contribution in [2.45, 2.75) is 20.4 Å². The number of halogens is 2. The minimum absolute atomic E-state index is 0.109. The molecule has 0 bridgehead atoms. The van der Waals surface area contributed by atoms with Crippen molar-refractivity contribution in [1.29, 1.82) is 0 Å². The van der Waals surface area contributed by atoms with Crippen LogP contribution in [0.2, 0.25) is 5.02 Å². The summed E-state index contributed by atoms with van der Waals surface area (Å²) in [6.45, 7) is 3.88. The fourth-order valence-corrected chi connectivity index (χ4v) is 2.22. The fourth-order valence-electron chi connectivity index (χ4n) is 1.75. The van der Waals surface area contributed by atoms with Crippen molar-refractivity contribution in [1.82, 2.24) is 15.2 Å². The molecule has 1 amide bonds. The predicted octanol–water partition coefficient (Wildman–Crippen LogP) is 3.07. The highest BCUT2D eigenvalue weighted by Crippen LogP contribution is 2.19. The SMILES string of the molecule is Cc1nn(CC(=O)N/N=C\c2ccccc2Cl)c(C)c1Br. The standard InChI is InChI=1S/C14H14BrClN4O/c1-9-14(15)10(2)20(19-9)8-13(21)18-17-7-11-5-3-4-6-12(11)16/h3-7H,8H2,1-2H3,(H,18,21)/b17-7-. The number of carbonyl (C=O) groups excluding carboxylic acids is 1. The summed E-state index contributed by atoms with van der Waals surface area (Å²) < 4.78 is 2.54. The van der Waals surface area contributed by atoms with Crippen molar-refractivity contribution in [3.05, 3.63) is 50.7 Å². The average molecular weight is 370 g/mol. The largest absolute Gasteiger partial charge is 0.271 e. The first kappa shape index (κ1) is 15.7. The third-order valence-electron chi connectivity index (χ3n) is 2.88. The van der Waals surface area contributed by atoms with Crippen LogP contribution >= 0.6 is 27.5 Å². The van der Waals surface area contributed by atoms with Crippen molar-refractivity contribution in [2.75, 3.05) is 0 Å². The van der Waals surface area contributed by atoms with E-state index in [4.69, 9.17) is 11.6 Å². The van der Waals surface area contributed by atoms with Gasteiger partial charge >= 0.3 is 0 Å². The number of nitrogens with zero attached hydrogens (tertiary/aromatic N) is 3. The molecule has 7 heteroatoms. The number of aryl methyl sites for hydroxylation is 1. The van der Waals surface area contributed by atoms with E-state index >= 15 is 0 Å². The number of hydrazone groups is 1. The van der Waals surface area contributed by atoms with E-state index < -0.39 is 0 Å². The summed E-state index contributed by atoms with van der Waals surface area (Å²) in [6, 6.07) is 7.26. The van der Waals surface area contributed by atoms with E-state index in [2.05, 4.69) is 31.6 Å². The molecule has 1 aromatic carbocycles. The Kier molecular flexibility index (Phi) is 5.14. The number of aromatic nitrogens is 2. The molecule has 1 heterocycles. The van der Waals surface area contributed by atoms with Gasteiger partial charge in [0.15, 0.2) is 0 Å². The van der Waals surface area contributed by atoms with E-state index in [1.807, 2.05) is 32.0 Å². The van der Waals surface area contributed by atoms with Crippen molar-refractivity contribution >= 4 is 39.7 Å². The van der Waals surface area contributed by atoms with Gasteiger partial charge in [-0.25, -0.2) is 5.43 Å². The summed E-state index contributed by atoms with van der Waals surface area (Å²) in [5.74, 6) is -0.253. The van der Waals surface area contributed by atoms with Gasteiger partial charge in [-0.2, -0.15) is 10.2 Å². The zero-order valence-corrected chi connectivity index (χ0v) is 13.9. The van der Waals surface area contributed by atoms with Crippen LogP contribution in [0.15, 0.2) is 33.8 Å². The average Bonchev–Trinajstić information content (AvgIpc) is 2.68. The van der Waals surface area contributed by atoms with Gasteiger partial charge in [-0.05, 0) is 35.8 Å². The zero-order valence-electron chi connectivity index (χ0n) is 11.6. The van der Waals surface area contributed by atoms with Crippen molar-refractivity contribution < 1.29 is 4.79 Å². The van der Waals surface area contributed by atoms with Gasteiger partial charge in [-0.1, -0.05) is 29.8 Å². The first-order valence-electron chi connectivity index (χ1n) is 6.25. The Balaban J connectivity index is 1.96. The highest BCUT2D eigenvalue weighted by Gasteiger charge is 2.11. The lowest BCUT2D eigenvalue weighted by Crippen LogP contribution is -2.24. The molecule has 2 aromatic rings. The Bertz CT molecular complexity index is 696. The van der Waals surface area contributed by atoms with E-state index in [9.17, 15) is 4.79 Å². The number of benzene rings is 1. The molecule has 5 nitrogen and oxygen atoms in total. The number of carbonyl (C=O) groups is 1. The molecule has 0 aliphatic heterocycles. The lowest BCUT2D eigenvalue weighted by atomic mass is 10.2. The maximum Gasteiger partial charge on any atom is 0.261 e. The Hall–Kier alpha value is -1.66. The quantitative estimate of drug-likeness (QED) is 0.665. The molecule has 110 valence electrons. The number of hydrogen-bond donors (Lipinski definition) is 1. The summed E-state index contributed by atoms with van der Waals surface area (Å²) in [5.41, 5.74) is 4.95. The lowest BCUT2D eigenvalue weighted by molar-refractivity contribution is -0.121. The number of nitrogens with one attached hydrogen (secondary N) is 1. The second kappa shape index (κ2) is 6.87. The molecule has 0 unspecified atom stereocenters. The van der Waals surface area contributed by atoms with E-state index in [0.717, 1.165) is 21.4 Å². The van der Waals surface area contributed by atoms with E-state index in [1.165, 1.54) is 6.21 Å². The van der Waals surface area contributed by atoms with Crippen molar-refractivity contribution in [2.24, 2.45) is 5.10 Å². The van der Waals surface area contributed by atoms with Crippen LogP contribution in [0.3, 0.4) is 0 Å². The van der Waals surface area contributed by atoms with Crippen LogP contribution in [0.1, 0.15) is 17.0 Å². The summed E-state index contributed by atoms with van der Waals surface area (Å²) in [5, 5.41) is 8.74. The molecule has 0 saturated carbocycles. The number of hydrogen-bond acceptors (Lipinski definition) is 3. The smallest absolute Gasteiger partial charge is 0.261 e. The first-order chi connectivity index (χ1) is 9.99. The molecule has 0 aliphatic carbocycles. The molecular formula is C14H14BrClN4O. The Morgan fingerprint density at radius 3 is 2.81 bits per heavy atom. The normalized spacial score (nSPS) is 11.0. The minimum atomic E-state index is -0.253. The first-order valence-corrected chi connectivity index (χ1v) is 7.42. The molecule has 21 heavy (non-hydrogen) atoms. The van der Waals surface area contributed by atoms with Crippen molar-refractivity contribution in [3.8, 4) is 0 Å². The van der Waals surface area contributed by atoms with Crippen LogP contribution in [-0.2, 0) is 11.3 Å². The third-order valence-corrected chi connectivity index (χ3v) is 4.38. The van der Waals surface area contributed by atoms with Gasteiger partial charge in [0.1, 0.15) is 6.54 Å². The summed E-state index contributed by atoms with van der Waals surface area (Å²) >= 11 is 9.41. The molecule has 0 saturated heterocycles. The maximum absolute atomic E-state index is 11.8. The molecule has 0 spiro atoms. The van der Waals surface area contributed by atoms with Gasteiger partial charge < -0.3 is 0 Å². The Morgan fingerprint density at radius 1 is 1.48 bits per heavy atom. The van der Waals surface area contributed by atoms with Gasteiger partial charge in [0, 0.05) is 10.6 Å². The molecule has 0 aliphatic rings. The van der Waals surface area contributed by atoms with Gasteiger partial charge in [-0.15, -0.1) is 0 Å². The van der Waals surface area contributed by atoms with Crippen LogP contribution in [0.25, 0.3) is 0 Å². The van der Waals surface area contributed by atoms with E-state index in [0.29, 0.717) is 5.02 Å². The molecule has 0 radical (unpaired) electrons. The van der Waals surface area contributed by atoms with Crippen LogP contribution in [-0.4, -0.2) is 21.9 Å². The highest BCUT2D eigenvalue weighted by molar-refractivity contribution is 9.10. The second-order valence-corrected chi connectivity index (χ2v) is 5.66. The van der Waals surface area contributed by atoms with Gasteiger partial charge in [0.05, 0.1) is 22.1 Å². The van der Waals surface area contributed by atoms with Gasteiger partial charge in [-0.3, -0.25) is 9.48 Å². The van der Waals surface area contributed by atoms with Gasteiger partial charge in [0.2, 0.25) is 0 Å². The molecule has 1 aromatic heterocycles. The summed E-state index contributed by atoms with van der Waals surface area (Å²) in [4.78, 5) is 11.8. The monoisotopic (exact) mass is 368 g/mol. The highest BCUT2D eigenvalue weighted by atomic mass is 79.9. The van der Waals surface area contributed by atoms with E-state index in [1.54, 1.807) is 10.7 Å². The summed E-state index contributed by atoms with van der Waals surface area (Å²) in [6.07, 6.45) is 1.51. The molecule has 1 N–H and O–H groups in total. The van der Waals surface area contributed by atoms with Gasteiger partial charge in [0.25, 0.3) is 5.91 Å². The molecule has 0 fully saturated rings. The number of amides is 1. The predicted molar refractivity (Wildman–Crippen MR) is 86.6 cm³/mol.